The zero-order chi connectivity index (χ0) is 22.5. The molecule has 1 aliphatic carbocycles. The summed E-state index contributed by atoms with van der Waals surface area (Å²) >= 11 is 12.6. The molecule has 3 aromatic rings. The maximum atomic E-state index is 13.9. The first kappa shape index (κ1) is 20.8. The lowest BCUT2D eigenvalue weighted by Crippen LogP contribution is -2.45. The lowest BCUT2D eigenvalue weighted by atomic mass is 9.58. The highest BCUT2D eigenvalue weighted by atomic mass is 35.5. The molecule has 0 radical (unpaired) electrons. The number of hydrogen-bond donors (Lipinski definition) is 1. The number of carbonyl (C=O) groups excluding carboxylic acids is 2. The molecule has 1 aliphatic heterocycles. The quantitative estimate of drug-likeness (QED) is 0.515. The summed E-state index contributed by atoms with van der Waals surface area (Å²) in [7, 11) is 1.58. The van der Waals surface area contributed by atoms with E-state index in [2.05, 4.69) is 5.32 Å². The monoisotopic (exact) mass is 463 g/mol. The number of amides is 1. The van der Waals surface area contributed by atoms with Crippen molar-refractivity contribution in [1.82, 2.24) is 0 Å². The van der Waals surface area contributed by atoms with Crippen LogP contribution >= 0.6 is 23.2 Å². The van der Waals surface area contributed by atoms with Gasteiger partial charge in [0.15, 0.2) is 5.78 Å². The number of para-hydroxylation sites is 1. The molecule has 0 saturated carbocycles. The standard InChI is InChI=1S/C26H19Cl2NO3/c1-32-24-8-3-2-7-19(24)22-14-18(30)13-21(15-5-4-6-16(27)11-15)26(22)20-10-9-17(28)12-23(20)29-25(26)31/h2-12,14,21H,13H2,1H3,(H,29,31)/t21-,26-/m0/s1. The number of rotatable bonds is 3. The Bertz CT molecular complexity index is 1300. The molecule has 5 rings (SSSR count). The zero-order valence-electron chi connectivity index (χ0n) is 17.2. The highest BCUT2D eigenvalue weighted by molar-refractivity contribution is 6.31. The number of hydrogen-bond acceptors (Lipinski definition) is 3. The number of ether oxygens (including phenoxy) is 1. The predicted molar refractivity (Wildman–Crippen MR) is 127 cm³/mol. The van der Waals surface area contributed by atoms with Gasteiger partial charge in [-0.2, -0.15) is 0 Å². The minimum absolute atomic E-state index is 0.0586. The summed E-state index contributed by atoms with van der Waals surface area (Å²) in [5, 5.41) is 4.09. The summed E-state index contributed by atoms with van der Waals surface area (Å²) in [6, 6.07) is 20.2. The summed E-state index contributed by atoms with van der Waals surface area (Å²) in [5.74, 6) is -0.130. The lowest BCUT2D eigenvalue weighted by molar-refractivity contribution is -0.121. The summed E-state index contributed by atoms with van der Waals surface area (Å²) in [6.07, 6.45) is 1.76. The van der Waals surface area contributed by atoms with Crippen LogP contribution < -0.4 is 10.1 Å². The smallest absolute Gasteiger partial charge is 0.240 e. The number of halogens is 2. The molecule has 1 N–H and O–H groups in total. The van der Waals surface area contributed by atoms with Crippen LogP contribution in [0.5, 0.6) is 5.75 Å². The van der Waals surface area contributed by atoms with Gasteiger partial charge in [-0.05, 0) is 53.1 Å². The second-order valence-corrected chi connectivity index (χ2v) is 8.86. The fourth-order valence-electron chi connectivity index (χ4n) is 5.04. The number of fused-ring (bicyclic) bond motifs is 2. The Hall–Kier alpha value is -3.08. The van der Waals surface area contributed by atoms with Crippen LogP contribution in [-0.4, -0.2) is 18.8 Å². The normalized spacial score (nSPS) is 21.8. The van der Waals surface area contributed by atoms with Gasteiger partial charge in [0.25, 0.3) is 0 Å². The fraction of sp³-hybridized carbons (Fsp3) is 0.154. The first-order chi connectivity index (χ1) is 15.4. The average molecular weight is 464 g/mol. The van der Waals surface area contributed by atoms with Crippen molar-refractivity contribution in [3.63, 3.8) is 0 Å². The molecule has 3 aromatic carbocycles. The average Bonchev–Trinajstić information content (AvgIpc) is 3.06. The molecule has 2 aliphatic rings. The van der Waals surface area contributed by atoms with Gasteiger partial charge < -0.3 is 10.1 Å². The Kier molecular flexibility index (Phi) is 5.07. The van der Waals surface area contributed by atoms with E-state index < -0.39 is 11.3 Å². The molecule has 6 heteroatoms. The third-order valence-electron chi connectivity index (χ3n) is 6.32. The first-order valence-electron chi connectivity index (χ1n) is 10.2. The van der Waals surface area contributed by atoms with Gasteiger partial charge in [0, 0.05) is 33.6 Å². The van der Waals surface area contributed by atoms with Crippen molar-refractivity contribution in [1.29, 1.82) is 0 Å². The van der Waals surface area contributed by atoms with Gasteiger partial charge in [-0.25, -0.2) is 0 Å². The van der Waals surface area contributed by atoms with Crippen molar-refractivity contribution in [2.24, 2.45) is 0 Å². The SMILES string of the molecule is COc1ccccc1C1=CC(=O)C[C@@H](c2cccc(Cl)c2)[C@]12C(=O)Nc1cc(Cl)ccc12. The second-order valence-electron chi connectivity index (χ2n) is 7.99. The van der Waals surface area contributed by atoms with Gasteiger partial charge in [0.05, 0.1) is 7.11 Å². The van der Waals surface area contributed by atoms with E-state index in [0.717, 1.165) is 11.1 Å². The van der Waals surface area contributed by atoms with Crippen molar-refractivity contribution in [2.45, 2.75) is 17.8 Å². The van der Waals surface area contributed by atoms with E-state index >= 15 is 0 Å². The number of ketones is 1. The van der Waals surface area contributed by atoms with E-state index in [4.69, 9.17) is 27.9 Å². The molecule has 0 saturated heterocycles. The van der Waals surface area contributed by atoms with Crippen LogP contribution in [-0.2, 0) is 15.0 Å². The Balaban J connectivity index is 1.86. The highest BCUT2D eigenvalue weighted by Crippen LogP contribution is 2.59. The number of anilines is 1. The molecule has 1 amide bonds. The number of carbonyl (C=O) groups is 2. The topological polar surface area (TPSA) is 55.4 Å². The van der Waals surface area contributed by atoms with Gasteiger partial charge in [0.2, 0.25) is 5.91 Å². The van der Waals surface area contributed by atoms with Crippen molar-refractivity contribution in [3.8, 4) is 5.75 Å². The zero-order valence-corrected chi connectivity index (χ0v) is 18.7. The summed E-state index contributed by atoms with van der Waals surface area (Å²) in [6.45, 7) is 0. The van der Waals surface area contributed by atoms with Crippen molar-refractivity contribution in [3.05, 3.63) is 99.5 Å². The van der Waals surface area contributed by atoms with E-state index in [0.29, 0.717) is 32.6 Å². The van der Waals surface area contributed by atoms with Crippen LogP contribution in [0.4, 0.5) is 5.69 Å². The van der Waals surface area contributed by atoms with Crippen LogP contribution in [0.25, 0.3) is 5.57 Å². The van der Waals surface area contributed by atoms with Crippen LogP contribution in [0.15, 0.2) is 72.8 Å². The van der Waals surface area contributed by atoms with Crippen LogP contribution in [0.3, 0.4) is 0 Å². The van der Waals surface area contributed by atoms with E-state index in [1.54, 1.807) is 31.4 Å². The number of nitrogens with one attached hydrogen (secondary N) is 1. The van der Waals surface area contributed by atoms with Crippen LogP contribution in [0.2, 0.25) is 10.0 Å². The highest BCUT2D eigenvalue weighted by Gasteiger charge is 2.58. The Morgan fingerprint density at radius 1 is 0.969 bits per heavy atom. The molecular weight excluding hydrogens is 445 g/mol. The molecule has 1 heterocycles. The van der Waals surface area contributed by atoms with Gasteiger partial charge in [0.1, 0.15) is 11.2 Å². The summed E-state index contributed by atoms with van der Waals surface area (Å²) in [5.41, 5.74) is 2.41. The van der Waals surface area contributed by atoms with Gasteiger partial charge in [-0.15, -0.1) is 0 Å². The second kappa shape index (κ2) is 7.80. The molecular formula is C26H19Cl2NO3. The molecule has 0 bridgehead atoms. The molecule has 160 valence electrons. The number of benzene rings is 3. The molecule has 2 atom stereocenters. The first-order valence-corrected chi connectivity index (χ1v) is 11.0. The molecule has 1 spiro atoms. The fourth-order valence-corrected chi connectivity index (χ4v) is 5.42. The van der Waals surface area contributed by atoms with Crippen molar-refractivity contribution < 1.29 is 14.3 Å². The Morgan fingerprint density at radius 3 is 2.53 bits per heavy atom. The minimum atomic E-state index is -1.15. The molecule has 0 fully saturated rings. The summed E-state index contributed by atoms with van der Waals surface area (Å²) < 4.78 is 5.61. The largest absolute Gasteiger partial charge is 0.496 e. The van der Waals surface area contributed by atoms with E-state index in [9.17, 15) is 9.59 Å². The Morgan fingerprint density at radius 2 is 1.75 bits per heavy atom. The third-order valence-corrected chi connectivity index (χ3v) is 6.79. The van der Waals surface area contributed by atoms with Gasteiger partial charge in [-0.1, -0.05) is 59.6 Å². The predicted octanol–water partition coefficient (Wildman–Crippen LogP) is 6.03. The Labute approximate surface area is 195 Å². The molecule has 0 aromatic heterocycles. The lowest BCUT2D eigenvalue weighted by Gasteiger charge is -2.41. The summed E-state index contributed by atoms with van der Waals surface area (Å²) in [4.78, 5) is 26.9. The van der Waals surface area contributed by atoms with Crippen molar-refractivity contribution in [2.75, 3.05) is 12.4 Å². The van der Waals surface area contributed by atoms with Crippen LogP contribution in [0, 0.1) is 0 Å². The van der Waals surface area contributed by atoms with Crippen molar-refractivity contribution >= 4 is 46.2 Å². The van der Waals surface area contributed by atoms with Crippen LogP contribution in [0.1, 0.15) is 29.0 Å². The molecule has 32 heavy (non-hydrogen) atoms. The van der Waals surface area contributed by atoms with E-state index in [-0.39, 0.29) is 18.1 Å². The molecule has 4 nitrogen and oxygen atoms in total. The maximum absolute atomic E-state index is 13.9. The van der Waals surface area contributed by atoms with E-state index in [1.165, 1.54) is 0 Å². The minimum Gasteiger partial charge on any atom is -0.496 e. The van der Waals surface area contributed by atoms with E-state index in [1.807, 2.05) is 48.5 Å². The van der Waals surface area contributed by atoms with Gasteiger partial charge in [-0.3, -0.25) is 9.59 Å². The number of methoxy groups -OCH3 is 1. The van der Waals surface area contributed by atoms with Gasteiger partial charge >= 0.3 is 0 Å². The molecule has 0 unspecified atom stereocenters. The maximum Gasteiger partial charge on any atom is 0.240 e. The number of allylic oxidation sites excluding steroid dienone is 1. The third kappa shape index (κ3) is 3.06.